The van der Waals surface area contributed by atoms with Crippen LogP contribution in [0.3, 0.4) is 0 Å². The minimum atomic E-state index is -0.640. The monoisotopic (exact) mass is 524 g/mol. The molecule has 216 valence electrons. The van der Waals surface area contributed by atoms with Crippen molar-refractivity contribution in [2.45, 2.75) is 115 Å². The number of nitrogens with zero attached hydrogens (tertiary/aromatic N) is 3. The standard InChI is InChI=1S/C29H56N4O4/c1-31(29(37)15-6-3-10-19-32-20-11-4-12-21-32)26-16-23-33(24-17-26)22-9-2-5-14-28(36)30-18-8-7-13-27(35)25-34/h26-27,34-35H,2-25H2,1H3,(H,30,36). The first-order chi connectivity index (χ1) is 18.0. The lowest BCUT2D eigenvalue weighted by molar-refractivity contribution is -0.133. The predicted octanol–water partition coefficient (Wildman–Crippen LogP) is 3.16. The number of unbranched alkanes of at least 4 members (excludes halogenated alkanes) is 5. The molecule has 3 N–H and O–H groups in total. The lowest BCUT2D eigenvalue weighted by Crippen LogP contribution is -2.45. The van der Waals surface area contributed by atoms with E-state index in [4.69, 9.17) is 5.11 Å². The third-order valence-electron chi connectivity index (χ3n) is 8.19. The number of carbonyl (C=O) groups excluding carboxylic acids is 2. The summed E-state index contributed by atoms with van der Waals surface area (Å²) >= 11 is 0. The lowest BCUT2D eigenvalue weighted by atomic mass is 10.0. The van der Waals surface area contributed by atoms with Gasteiger partial charge in [-0.2, -0.15) is 0 Å². The Morgan fingerprint density at radius 2 is 1.46 bits per heavy atom. The second-order valence-electron chi connectivity index (χ2n) is 11.3. The molecule has 2 fully saturated rings. The first-order valence-electron chi connectivity index (χ1n) is 15.3. The number of aliphatic hydroxyl groups excluding tert-OH is 2. The van der Waals surface area contributed by atoms with Gasteiger partial charge in [0.15, 0.2) is 0 Å². The molecule has 2 rings (SSSR count). The van der Waals surface area contributed by atoms with Gasteiger partial charge in [0.2, 0.25) is 11.8 Å². The topological polar surface area (TPSA) is 96.4 Å². The number of carbonyl (C=O) groups is 2. The molecule has 2 aliphatic heterocycles. The number of aliphatic hydroxyl groups is 2. The van der Waals surface area contributed by atoms with E-state index >= 15 is 0 Å². The SMILES string of the molecule is CN(C(=O)CCCCCN1CCCCC1)C1CCN(CCCCCC(=O)NCCCCC(O)CO)CC1. The van der Waals surface area contributed by atoms with Crippen LogP contribution in [0.15, 0.2) is 0 Å². The van der Waals surface area contributed by atoms with Gasteiger partial charge in [-0.1, -0.05) is 19.3 Å². The van der Waals surface area contributed by atoms with Crippen LogP contribution in [0.4, 0.5) is 0 Å². The number of amides is 2. The van der Waals surface area contributed by atoms with Gasteiger partial charge in [-0.05, 0) is 96.8 Å². The maximum absolute atomic E-state index is 12.7. The average molecular weight is 525 g/mol. The zero-order valence-electron chi connectivity index (χ0n) is 23.7. The minimum absolute atomic E-state index is 0.109. The van der Waals surface area contributed by atoms with Crippen molar-refractivity contribution in [3.63, 3.8) is 0 Å². The minimum Gasteiger partial charge on any atom is -0.394 e. The summed E-state index contributed by atoms with van der Waals surface area (Å²) in [5.74, 6) is 0.427. The number of nitrogens with one attached hydrogen (secondary N) is 1. The molecule has 8 nitrogen and oxygen atoms in total. The molecular formula is C29H56N4O4. The van der Waals surface area contributed by atoms with E-state index in [-0.39, 0.29) is 12.5 Å². The van der Waals surface area contributed by atoms with Crippen molar-refractivity contribution in [2.24, 2.45) is 0 Å². The predicted molar refractivity (Wildman–Crippen MR) is 149 cm³/mol. The largest absolute Gasteiger partial charge is 0.394 e. The second kappa shape index (κ2) is 19.8. The Kier molecular flexibility index (Phi) is 17.1. The van der Waals surface area contributed by atoms with Crippen LogP contribution >= 0.6 is 0 Å². The zero-order valence-corrected chi connectivity index (χ0v) is 23.7. The second-order valence-corrected chi connectivity index (χ2v) is 11.3. The van der Waals surface area contributed by atoms with Crippen molar-refractivity contribution in [3.05, 3.63) is 0 Å². The fraction of sp³-hybridized carbons (Fsp3) is 0.931. The van der Waals surface area contributed by atoms with Crippen molar-refractivity contribution in [1.29, 1.82) is 0 Å². The Hall–Kier alpha value is -1.22. The highest BCUT2D eigenvalue weighted by Crippen LogP contribution is 2.18. The van der Waals surface area contributed by atoms with Crippen LogP contribution in [0.5, 0.6) is 0 Å². The summed E-state index contributed by atoms with van der Waals surface area (Å²) in [6, 6.07) is 0.382. The molecule has 2 amide bonds. The van der Waals surface area contributed by atoms with Gasteiger partial charge in [0, 0.05) is 45.6 Å². The average Bonchev–Trinajstić information content (AvgIpc) is 2.92. The summed E-state index contributed by atoms with van der Waals surface area (Å²) in [5, 5.41) is 21.0. The summed E-state index contributed by atoms with van der Waals surface area (Å²) in [6.07, 6.45) is 15.6. The summed E-state index contributed by atoms with van der Waals surface area (Å²) in [5.41, 5.74) is 0. The van der Waals surface area contributed by atoms with E-state index in [1.165, 1.54) is 45.3 Å². The Balaban J connectivity index is 1.42. The van der Waals surface area contributed by atoms with E-state index in [1.807, 2.05) is 11.9 Å². The Morgan fingerprint density at radius 1 is 0.838 bits per heavy atom. The van der Waals surface area contributed by atoms with Crippen LogP contribution in [0.25, 0.3) is 0 Å². The van der Waals surface area contributed by atoms with Gasteiger partial charge in [-0.3, -0.25) is 9.59 Å². The highest BCUT2D eigenvalue weighted by Gasteiger charge is 2.24. The van der Waals surface area contributed by atoms with Crippen LogP contribution in [-0.2, 0) is 9.59 Å². The van der Waals surface area contributed by atoms with E-state index in [1.54, 1.807) is 0 Å². The number of hydrogen-bond donors (Lipinski definition) is 3. The van der Waals surface area contributed by atoms with Gasteiger partial charge in [0.25, 0.3) is 0 Å². The fourth-order valence-corrected chi connectivity index (χ4v) is 5.59. The summed E-state index contributed by atoms with van der Waals surface area (Å²) < 4.78 is 0. The molecule has 8 heteroatoms. The van der Waals surface area contributed by atoms with Crippen molar-refractivity contribution < 1.29 is 19.8 Å². The maximum atomic E-state index is 12.7. The molecule has 2 heterocycles. The van der Waals surface area contributed by atoms with Gasteiger partial charge in [0.1, 0.15) is 0 Å². The van der Waals surface area contributed by atoms with Crippen LogP contribution < -0.4 is 5.32 Å². The molecule has 1 atom stereocenters. The Morgan fingerprint density at radius 3 is 2.11 bits per heavy atom. The summed E-state index contributed by atoms with van der Waals surface area (Å²) in [6.45, 7) is 7.37. The molecule has 2 saturated heterocycles. The first-order valence-corrected chi connectivity index (χ1v) is 15.3. The zero-order chi connectivity index (χ0) is 26.7. The Labute approximate surface area is 226 Å². The van der Waals surface area contributed by atoms with E-state index < -0.39 is 6.10 Å². The highest BCUT2D eigenvalue weighted by atomic mass is 16.3. The van der Waals surface area contributed by atoms with Crippen molar-refractivity contribution in [1.82, 2.24) is 20.0 Å². The van der Waals surface area contributed by atoms with Gasteiger partial charge in [0.05, 0.1) is 12.7 Å². The van der Waals surface area contributed by atoms with Crippen LogP contribution in [0, 0.1) is 0 Å². The number of hydrogen-bond acceptors (Lipinski definition) is 6. The Bertz CT molecular complexity index is 607. The lowest BCUT2D eigenvalue weighted by Gasteiger charge is -2.37. The maximum Gasteiger partial charge on any atom is 0.222 e. The van der Waals surface area contributed by atoms with Crippen LogP contribution in [0.1, 0.15) is 103 Å². The molecular weight excluding hydrogens is 468 g/mol. The number of piperidine rings is 2. The smallest absolute Gasteiger partial charge is 0.222 e. The highest BCUT2D eigenvalue weighted by molar-refractivity contribution is 5.76. The van der Waals surface area contributed by atoms with Crippen LogP contribution in [-0.4, -0.2) is 108 Å². The van der Waals surface area contributed by atoms with E-state index in [0.717, 1.165) is 77.4 Å². The number of rotatable bonds is 19. The van der Waals surface area contributed by atoms with Gasteiger partial charge >= 0.3 is 0 Å². The molecule has 0 spiro atoms. The van der Waals surface area contributed by atoms with Gasteiger partial charge < -0.3 is 30.2 Å². The molecule has 0 aromatic rings. The third kappa shape index (κ3) is 14.5. The normalized spacial score (nSPS) is 18.6. The quantitative estimate of drug-likeness (QED) is 0.225. The molecule has 2 aliphatic rings. The third-order valence-corrected chi connectivity index (χ3v) is 8.19. The first kappa shape index (κ1) is 32.0. The molecule has 37 heavy (non-hydrogen) atoms. The van der Waals surface area contributed by atoms with Crippen molar-refractivity contribution >= 4 is 11.8 Å². The number of likely N-dealkylation sites (tertiary alicyclic amines) is 2. The molecule has 0 aromatic carbocycles. The molecule has 0 radical (unpaired) electrons. The van der Waals surface area contributed by atoms with Crippen molar-refractivity contribution in [2.75, 3.05) is 59.5 Å². The molecule has 0 bridgehead atoms. The molecule has 0 aliphatic carbocycles. The summed E-state index contributed by atoms with van der Waals surface area (Å²) in [4.78, 5) is 31.7. The van der Waals surface area contributed by atoms with Crippen molar-refractivity contribution in [3.8, 4) is 0 Å². The van der Waals surface area contributed by atoms with E-state index in [0.29, 0.717) is 37.8 Å². The molecule has 0 saturated carbocycles. The van der Waals surface area contributed by atoms with E-state index in [2.05, 4.69) is 15.1 Å². The summed E-state index contributed by atoms with van der Waals surface area (Å²) in [7, 11) is 2.00. The fourth-order valence-electron chi connectivity index (χ4n) is 5.59. The molecule has 0 aromatic heterocycles. The van der Waals surface area contributed by atoms with Crippen LogP contribution in [0.2, 0.25) is 0 Å². The van der Waals surface area contributed by atoms with Gasteiger partial charge in [-0.15, -0.1) is 0 Å². The van der Waals surface area contributed by atoms with E-state index in [9.17, 15) is 14.7 Å². The molecule has 1 unspecified atom stereocenters. The van der Waals surface area contributed by atoms with Gasteiger partial charge in [-0.25, -0.2) is 0 Å².